The largest absolute Gasteiger partial charge is 0.478 e. The minimum Gasteiger partial charge on any atom is -0.478 e. The van der Waals surface area contributed by atoms with Gasteiger partial charge in [-0.3, -0.25) is 0 Å². The number of primary sulfonamides is 1. The van der Waals surface area contributed by atoms with Crippen molar-refractivity contribution in [1.29, 1.82) is 0 Å². The first-order chi connectivity index (χ1) is 8.12. The van der Waals surface area contributed by atoms with Crippen molar-refractivity contribution in [3.8, 4) is 0 Å². The fourth-order valence-electron chi connectivity index (χ4n) is 0.959. The van der Waals surface area contributed by atoms with Gasteiger partial charge in [-0.05, 0) is 6.07 Å². The van der Waals surface area contributed by atoms with Crippen molar-refractivity contribution in [2.75, 3.05) is 12.3 Å². The number of rotatable bonds is 6. The van der Waals surface area contributed by atoms with Gasteiger partial charge in [-0.1, -0.05) is 0 Å². The molecule has 102 valence electrons. The molecule has 1 heterocycles. The Morgan fingerprint density at radius 2 is 2.00 bits per heavy atom. The van der Waals surface area contributed by atoms with Crippen LogP contribution >= 0.6 is 11.3 Å². The van der Waals surface area contributed by atoms with E-state index in [4.69, 9.17) is 10.2 Å². The second-order valence-corrected chi connectivity index (χ2v) is 7.86. The van der Waals surface area contributed by atoms with Crippen molar-refractivity contribution in [3.63, 3.8) is 0 Å². The lowest BCUT2D eigenvalue weighted by molar-refractivity contribution is 0.0697. The van der Waals surface area contributed by atoms with Gasteiger partial charge in [0.2, 0.25) is 20.0 Å². The Labute approximate surface area is 108 Å². The summed E-state index contributed by atoms with van der Waals surface area (Å²) in [4.78, 5) is 10.6. The van der Waals surface area contributed by atoms with Gasteiger partial charge >= 0.3 is 5.97 Å². The summed E-state index contributed by atoms with van der Waals surface area (Å²) in [5.74, 6) is -1.78. The molecule has 0 atom stereocenters. The Kier molecular flexibility index (Phi) is 4.45. The van der Waals surface area contributed by atoms with Crippen molar-refractivity contribution in [1.82, 2.24) is 4.72 Å². The van der Waals surface area contributed by atoms with Gasteiger partial charge in [0.25, 0.3) is 0 Å². The smallest absolute Gasteiger partial charge is 0.336 e. The van der Waals surface area contributed by atoms with E-state index in [1.54, 1.807) is 0 Å². The molecule has 0 aliphatic rings. The topological polar surface area (TPSA) is 144 Å². The Morgan fingerprint density at radius 1 is 1.39 bits per heavy atom. The quantitative estimate of drug-likeness (QED) is 0.615. The molecule has 18 heavy (non-hydrogen) atoms. The van der Waals surface area contributed by atoms with E-state index in [0.29, 0.717) is 0 Å². The van der Waals surface area contributed by atoms with E-state index >= 15 is 0 Å². The van der Waals surface area contributed by atoms with Crippen LogP contribution < -0.4 is 9.86 Å². The van der Waals surface area contributed by atoms with Crippen LogP contribution in [0, 0.1) is 0 Å². The molecule has 0 amide bonds. The van der Waals surface area contributed by atoms with E-state index in [-0.39, 0.29) is 16.3 Å². The Balaban J connectivity index is 2.77. The second kappa shape index (κ2) is 5.32. The SMILES string of the molecule is NS(=O)(=O)CCNS(=O)(=O)c1cc(C(=O)O)cs1. The molecule has 0 radical (unpaired) electrons. The highest BCUT2D eigenvalue weighted by Gasteiger charge is 2.19. The minimum atomic E-state index is -3.91. The lowest BCUT2D eigenvalue weighted by Crippen LogP contribution is -2.31. The molecule has 0 saturated heterocycles. The Hall–Kier alpha value is -1.01. The van der Waals surface area contributed by atoms with Gasteiger partial charge in [-0.15, -0.1) is 11.3 Å². The molecular formula is C7H10N2O6S3. The second-order valence-electron chi connectivity index (χ2n) is 3.22. The van der Waals surface area contributed by atoms with Gasteiger partial charge in [-0.2, -0.15) is 0 Å². The molecular weight excluding hydrogens is 304 g/mol. The third-order valence-corrected chi connectivity index (χ3v) is 5.44. The van der Waals surface area contributed by atoms with Crippen molar-refractivity contribution in [2.24, 2.45) is 5.14 Å². The zero-order valence-corrected chi connectivity index (χ0v) is 11.3. The van der Waals surface area contributed by atoms with Gasteiger partial charge in [0.1, 0.15) is 4.21 Å². The van der Waals surface area contributed by atoms with Gasteiger partial charge in [0.05, 0.1) is 11.3 Å². The lowest BCUT2D eigenvalue weighted by Gasteiger charge is -2.02. The zero-order valence-electron chi connectivity index (χ0n) is 8.86. The first kappa shape index (κ1) is 15.0. The highest BCUT2D eigenvalue weighted by atomic mass is 32.2. The molecule has 0 spiro atoms. The number of hydrogen-bond donors (Lipinski definition) is 3. The van der Waals surface area contributed by atoms with Gasteiger partial charge < -0.3 is 5.11 Å². The monoisotopic (exact) mass is 314 g/mol. The highest BCUT2D eigenvalue weighted by molar-refractivity contribution is 7.91. The van der Waals surface area contributed by atoms with Gasteiger partial charge in [0, 0.05) is 11.9 Å². The number of aromatic carboxylic acids is 1. The van der Waals surface area contributed by atoms with E-state index in [0.717, 1.165) is 17.4 Å². The van der Waals surface area contributed by atoms with Gasteiger partial charge in [0.15, 0.2) is 0 Å². The molecule has 0 aliphatic heterocycles. The zero-order chi connectivity index (χ0) is 14.0. The molecule has 0 fully saturated rings. The molecule has 0 saturated carbocycles. The first-order valence-corrected chi connectivity index (χ1v) is 8.51. The van der Waals surface area contributed by atoms with E-state index in [9.17, 15) is 21.6 Å². The summed E-state index contributed by atoms with van der Waals surface area (Å²) in [5.41, 5.74) is -0.146. The van der Waals surface area contributed by atoms with Crippen molar-refractivity contribution in [2.45, 2.75) is 4.21 Å². The molecule has 1 rings (SSSR count). The van der Waals surface area contributed by atoms with Crippen LogP contribution in [0.1, 0.15) is 10.4 Å². The standard InChI is InChI=1S/C7H10N2O6S3/c8-17(12,13)2-1-9-18(14,15)6-3-5(4-16-6)7(10)11/h3-4,9H,1-2H2,(H,10,11)(H2,8,12,13). The third kappa shape index (κ3) is 4.34. The molecule has 0 bridgehead atoms. The molecule has 0 aromatic carbocycles. The van der Waals surface area contributed by atoms with Crippen LogP contribution in [0.5, 0.6) is 0 Å². The van der Waals surface area contributed by atoms with Gasteiger partial charge in [-0.25, -0.2) is 31.5 Å². The summed E-state index contributed by atoms with van der Waals surface area (Å²) in [5, 5.41) is 14.5. The number of nitrogens with one attached hydrogen (secondary N) is 1. The van der Waals surface area contributed by atoms with Crippen LogP contribution in [0.15, 0.2) is 15.7 Å². The maximum absolute atomic E-state index is 11.6. The van der Waals surface area contributed by atoms with Crippen molar-refractivity contribution in [3.05, 3.63) is 17.0 Å². The predicted octanol–water partition coefficient (Wildman–Crippen LogP) is -0.987. The van der Waals surface area contributed by atoms with Crippen molar-refractivity contribution >= 4 is 37.4 Å². The summed E-state index contributed by atoms with van der Waals surface area (Å²) in [6.45, 7) is -0.374. The summed E-state index contributed by atoms with van der Waals surface area (Å²) in [7, 11) is -7.66. The van der Waals surface area contributed by atoms with Crippen LogP contribution in [0.3, 0.4) is 0 Å². The Bertz CT molecular complexity index is 644. The predicted molar refractivity (Wildman–Crippen MR) is 64.4 cm³/mol. The summed E-state index contributed by atoms with van der Waals surface area (Å²) in [6.07, 6.45) is 0. The molecule has 1 aromatic heterocycles. The maximum atomic E-state index is 11.6. The molecule has 4 N–H and O–H groups in total. The number of thiophene rings is 1. The van der Waals surface area contributed by atoms with Crippen LogP contribution in [-0.4, -0.2) is 40.2 Å². The molecule has 1 aromatic rings. The number of carboxylic acids is 1. The molecule has 0 aliphatic carbocycles. The summed E-state index contributed by atoms with van der Waals surface area (Å²) in [6, 6.07) is 0.992. The van der Waals surface area contributed by atoms with Crippen LogP contribution in [0.2, 0.25) is 0 Å². The van der Waals surface area contributed by atoms with E-state index in [1.807, 2.05) is 4.72 Å². The van der Waals surface area contributed by atoms with Crippen LogP contribution in [0.4, 0.5) is 0 Å². The fraction of sp³-hybridized carbons (Fsp3) is 0.286. The van der Waals surface area contributed by atoms with E-state index in [2.05, 4.69) is 0 Å². The van der Waals surface area contributed by atoms with E-state index in [1.165, 1.54) is 5.38 Å². The molecule has 11 heteroatoms. The maximum Gasteiger partial charge on any atom is 0.336 e. The number of hydrogen-bond acceptors (Lipinski definition) is 6. The highest BCUT2D eigenvalue weighted by Crippen LogP contribution is 2.19. The first-order valence-electron chi connectivity index (χ1n) is 4.44. The fourth-order valence-corrected chi connectivity index (χ4v) is 3.70. The summed E-state index contributed by atoms with van der Waals surface area (Å²) < 4.78 is 46.3. The number of carbonyl (C=O) groups is 1. The Morgan fingerprint density at radius 3 is 2.44 bits per heavy atom. The summed E-state index contributed by atoms with van der Waals surface area (Å²) >= 11 is 0.731. The average molecular weight is 314 g/mol. The minimum absolute atomic E-state index is 0.146. The lowest BCUT2D eigenvalue weighted by atomic mass is 10.4. The molecule has 0 unspecified atom stereocenters. The average Bonchev–Trinajstić information content (AvgIpc) is 2.63. The normalized spacial score (nSPS) is 12.5. The van der Waals surface area contributed by atoms with E-state index < -0.39 is 31.8 Å². The van der Waals surface area contributed by atoms with Crippen molar-refractivity contribution < 1.29 is 26.7 Å². The number of sulfonamides is 2. The van der Waals surface area contributed by atoms with Crippen LogP contribution in [-0.2, 0) is 20.0 Å². The number of nitrogens with two attached hydrogens (primary N) is 1. The third-order valence-electron chi connectivity index (χ3n) is 1.77. The molecule has 8 nitrogen and oxygen atoms in total. The number of carboxylic acid groups (broad SMARTS) is 1. The van der Waals surface area contributed by atoms with Crippen LogP contribution in [0.25, 0.3) is 0 Å².